The maximum absolute atomic E-state index is 13.6. The number of anilines is 1. The van der Waals surface area contributed by atoms with Crippen molar-refractivity contribution < 1.29 is 4.39 Å². The van der Waals surface area contributed by atoms with E-state index in [9.17, 15) is 4.39 Å². The number of hydrogen-bond donors (Lipinski definition) is 1. The van der Waals surface area contributed by atoms with Crippen LogP contribution in [0.3, 0.4) is 0 Å². The highest BCUT2D eigenvalue weighted by Crippen LogP contribution is 2.42. The molecule has 0 unspecified atom stereocenters. The van der Waals surface area contributed by atoms with Gasteiger partial charge in [0.2, 0.25) is 0 Å². The van der Waals surface area contributed by atoms with Crippen LogP contribution in [0.2, 0.25) is 0 Å². The Morgan fingerprint density at radius 2 is 1.61 bits per heavy atom. The number of aromatic nitrogens is 2. The van der Waals surface area contributed by atoms with Crippen LogP contribution < -0.4 is 10.2 Å². The summed E-state index contributed by atoms with van der Waals surface area (Å²) < 4.78 is 15.9. The van der Waals surface area contributed by atoms with Crippen LogP contribution in [0.5, 0.6) is 0 Å². The monoisotopic (exact) mass is 428 g/mol. The molecule has 0 radical (unpaired) electrons. The second-order valence-corrected chi connectivity index (χ2v) is 7.93. The Bertz CT molecular complexity index is 1210. The van der Waals surface area contributed by atoms with Gasteiger partial charge in [-0.3, -0.25) is 4.98 Å². The Hall–Kier alpha value is -3.51. The first-order chi connectivity index (χ1) is 15.1. The first kappa shape index (κ1) is 19.5. The number of pyridine rings is 1. The lowest BCUT2D eigenvalue weighted by atomic mass is 10.0. The molecular formula is C25H21FN4S. The van der Waals surface area contributed by atoms with E-state index in [0.717, 1.165) is 28.5 Å². The topological polar surface area (TPSA) is 33.1 Å². The minimum Gasteiger partial charge on any atom is -0.351 e. The summed E-state index contributed by atoms with van der Waals surface area (Å²) in [5.74, 6) is -0.275. The van der Waals surface area contributed by atoms with Crippen molar-refractivity contribution in [2.75, 3.05) is 4.90 Å². The zero-order chi connectivity index (χ0) is 21.4. The van der Waals surface area contributed by atoms with Gasteiger partial charge in [0.1, 0.15) is 11.9 Å². The molecule has 1 fully saturated rings. The maximum Gasteiger partial charge on any atom is 0.174 e. The van der Waals surface area contributed by atoms with Gasteiger partial charge in [-0.1, -0.05) is 24.3 Å². The largest absolute Gasteiger partial charge is 0.351 e. The molecule has 1 aliphatic rings. The normalized spacial score (nSPS) is 18.3. The lowest BCUT2D eigenvalue weighted by Crippen LogP contribution is -2.30. The maximum atomic E-state index is 13.6. The summed E-state index contributed by atoms with van der Waals surface area (Å²) >= 11 is 5.76. The van der Waals surface area contributed by atoms with E-state index in [1.54, 1.807) is 18.3 Å². The quantitative estimate of drug-likeness (QED) is 0.435. The van der Waals surface area contributed by atoms with E-state index < -0.39 is 0 Å². The predicted octanol–water partition coefficient (Wildman–Crippen LogP) is 5.50. The lowest BCUT2D eigenvalue weighted by molar-refractivity contribution is 0.548. The van der Waals surface area contributed by atoms with Crippen molar-refractivity contribution in [3.05, 3.63) is 114 Å². The summed E-state index contributed by atoms with van der Waals surface area (Å²) in [4.78, 5) is 6.66. The van der Waals surface area contributed by atoms with E-state index in [2.05, 4.69) is 51.0 Å². The highest BCUT2D eigenvalue weighted by atomic mass is 32.1. The summed E-state index contributed by atoms with van der Waals surface area (Å²) in [5.41, 5.74) is 5.02. The van der Waals surface area contributed by atoms with Gasteiger partial charge in [0.15, 0.2) is 5.11 Å². The standard InChI is InChI=1S/C25H21FN4S/c1-17-10-15-22(29(17)19-7-3-2-4-8-19)24-23(21-9-5-6-16-27-21)28-25(31)30(24)20-13-11-18(26)12-14-20/h2-16,23-24H,1H3,(H,28,31)/t23-,24+/m1/s1. The van der Waals surface area contributed by atoms with Crippen LogP contribution in [0, 0.1) is 12.7 Å². The van der Waals surface area contributed by atoms with Crippen LogP contribution >= 0.6 is 12.2 Å². The third-order valence-corrected chi connectivity index (χ3v) is 5.94. The average Bonchev–Trinajstić information content (AvgIpc) is 3.35. The van der Waals surface area contributed by atoms with Crippen LogP contribution in [0.25, 0.3) is 5.69 Å². The van der Waals surface area contributed by atoms with E-state index in [4.69, 9.17) is 12.2 Å². The van der Waals surface area contributed by atoms with Crippen molar-refractivity contribution in [3.8, 4) is 5.69 Å². The summed E-state index contributed by atoms with van der Waals surface area (Å²) in [7, 11) is 0. The van der Waals surface area contributed by atoms with Crippen LogP contribution in [0.15, 0.2) is 91.1 Å². The smallest absolute Gasteiger partial charge is 0.174 e. The molecule has 2 atom stereocenters. The molecule has 0 saturated carbocycles. The minimum atomic E-state index is -0.275. The molecule has 31 heavy (non-hydrogen) atoms. The number of hydrogen-bond acceptors (Lipinski definition) is 2. The van der Waals surface area contributed by atoms with Gasteiger partial charge in [-0.05, 0) is 79.8 Å². The zero-order valence-corrected chi connectivity index (χ0v) is 17.8. The van der Waals surface area contributed by atoms with E-state index in [1.807, 2.05) is 36.4 Å². The zero-order valence-electron chi connectivity index (χ0n) is 16.9. The first-order valence-corrected chi connectivity index (χ1v) is 10.5. The van der Waals surface area contributed by atoms with Gasteiger partial charge < -0.3 is 14.8 Å². The van der Waals surface area contributed by atoms with Gasteiger partial charge in [-0.2, -0.15) is 0 Å². The van der Waals surface area contributed by atoms with Crippen molar-refractivity contribution >= 4 is 23.0 Å². The van der Waals surface area contributed by atoms with Crippen LogP contribution in [-0.2, 0) is 0 Å². The van der Waals surface area contributed by atoms with Gasteiger partial charge in [0.25, 0.3) is 0 Å². The van der Waals surface area contributed by atoms with E-state index in [1.165, 1.54) is 12.1 Å². The molecule has 2 aromatic carbocycles. The molecule has 1 N–H and O–H groups in total. The molecule has 1 aliphatic heterocycles. The molecule has 0 spiro atoms. The van der Waals surface area contributed by atoms with Gasteiger partial charge in [-0.25, -0.2) is 4.39 Å². The molecule has 3 heterocycles. The molecule has 1 saturated heterocycles. The second kappa shape index (κ2) is 7.96. The third kappa shape index (κ3) is 3.49. The summed E-state index contributed by atoms with van der Waals surface area (Å²) in [6, 6.07) is 26.5. The Kier molecular flexibility index (Phi) is 5.00. The third-order valence-electron chi connectivity index (χ3n) is 5.63. The molecule has 0 amide bonds. The minimum absolute atomic E-state index is 0.157. The van der Waals surface area contributed by atoms with Crippen LogP contribution in [0.4, 0.5) is 10.1 Å². The van der Waals surface area contributed by atoms with Crippen molar-refractivity contribution in [2.45, 2.75) is 19.0 Å². The number of nitrogens with zero attached hydrogens (tertiary/aromatic N) is 3. The van der Waals surface area contributed by atoms with E-state index in [-0.39, 0.29) is 17.9 Å². The van der Waals surface area contributed by atoms with Crippen molar-refractivity contribution in [2.24, 2.45) is 0 Å². The Morgan fingerprint density at radius 3 is 2.32 bits per heavy atom. The average molecular weight is 429 g/mol. The first-order valence-electron chi connectivity index (χ1n) is 10.1. The number of thiocarbonyl (C=S) groups is 1. The van der Waals surface area contributed by atoms with Gasteiger partial charge in [-0.15, -0.1) is 0 Å². The molecule has 5 rings (SSSR count). The number of nitrogens with one attached hydrogen (secondary N) is 1. The second-order valence-electron chi connectivity index (χ2n) is 7.54. The fourth-order valence-corrected chi connectivity index (χ4v) is 4.60. The highest BCUT2D eigenvalue weighted by molar-refractivity contribution is 7.80. The molecule has 0 aliphatic carbocycles. The molecule has 4 nitrogen and oxygen atoms in total. The van der Waals surface area contributed by atoms with Gasteiger partial charge in [0, 0.05) is 29.0 Å². The molecule has 154 valence electrons. The van der Waals surface area contributed by atoms with Crippen molar-refractivity contribution in [3.63, 3.8) is 0 Å². The van der Waals surface area contributed by atoms with Gasteiger partial charge in [0.05, 0.1) is 11.7 Å². The molecule has 2 aromatic heterocycles. The lowest BCUT2D eigenvalue weighted by Gasteiger charge is -2.29. The summed E-state index contributed by atoms with van der Waals surface area (Å²) in [6.07, 6.45) is 1.79. The number of halogens is 1. The number of aryl methyl sites for hydroxylation is 1. The number of rotatable bonds is 4. The predicted molar refractivity (Wildman–Crippen MR) is 125 cm³/mol. The fourth-order valence-electron chi connectivity index (χ4n) is 4.25. The molecule has 4 aromatic rings. The Balaban J connectivity index is 1.70. The Morgan fingerprint density at radius 1 is 0.871 bits per heavy atom. The SMILES string of the molecule is Cc1ccc([C@H]2[C@@H](c3ccccn3)NC(=S)N2c2ccc(F)cc2)n1-c1ccccc1. The van der Waals surface area contributed by atoms with E-state index >= 15 is 0 Å². The van der Waals surface area contributed by atoms with Crippen LogP contribution in [-0.4, -0.2) is 14.7 Å². The summed E-state index contributed by atoms with van der Waals surface area (Å²) in [6.45, 7) is 2.09. The Labute approximate surface area is 186 Å². The van der Waals surface area contributed by atoms with E-state index in [0.29, 0.717) is 5.11 Å². The van der Waals surface area contributed by atoms with Gasteiger partial charge >= 0.3 is 0 Å². The number of benzene rings is 2. The van der Waals surface area contributed by atoms with Crippen LogP contribution in [0.1, 0.15) is 29.2 Å². The molecule has 6 heteroatoms. The summed E-state index contributed by atoms with van der Waals surface area (Å²) in [5, 5.41) is 4.05. The fraction of sp³-hybridized carbons (Fsp3) is 0.120. The molecule has 0 bridgehead atoms. The van der Waals surface area contributed by atoms with Crippen molar-refractivity contribution in [1.82, 2.24) is 14.9 Å². The van der Waals surface area contributed by atoms with Crippen molar-refractivity contribution in [1.29, 1.82) is 0 Å². The molecular weight excluding hydrogens is 407 g/mol. The highest BCUT2D eigenvalue weighted by Gasteiger charge is 2.42. The number of para-hydroxylation sites is 1.